The van der Waals surface area contributed by atoms with Crippen LogP contribution >= 0.6 is 34.2 Å². The fraction of sp³-hybridized carbons (Fsp3) is 0.385. The third-order valence-electron chi connectivity index (χ3n) is 3.62. The summed E-state index contributed by atoms with van der Waals surface area (Å²) in [4.78, 5) is 27.9. The molecule has 2 aliphatic heterocycles. The second kappa shape index (κ2) is 4.94. The van der Waals surface area contributed by atoms with E-state index in [-0.39, 0.29) is 24.4 Å². The van der Waals surface area contributed by atoms with Crippen LogP contribution in [0.15, 0.2) is 18.2 Å². The molecule has 3 rings (SSSR count). The molecular formula is C13H12ClIN2O2. The van der Waals surface area contributed by atoms with Gasteiger partial charge in [-0.1, -0.05) is 11.6 Å². The molecule has 0 aromatic heterocycles. The van der Waals surface area contributed by atoms with E-state index in [0.717, 1.165) is 22.1 Å². The van der Waals surface area contributed by atoms with Gasteiger partial charge in [0.1, 0.15) is 12.6 Å². The summed E-state index contributed by atoms with van der Waals surface area (Å²) >= 11 is 8.07. The Morgan fingerprint density at radius 2 is 2.11 bits per heavy atom. The highest BCUT2D eigenvalue weighted by Crippen LogP contribution is 2.31. The van der Waals surface area contributed by atoms with Gasteiger partial charge in [0.15, 0.2) is 0 Å². The Morgan fingerprint density at radius 3 is 2.84 bits per heavy atom. The minimum absolute atomic E-state index is 0.0253. The lowest BCUT2D eigenvalue weighted by molar-refractivity contribution is -0.140. The number of carbonyl (C=O) groups is 2. The van der Waals surface area contributed by atoms with Crippen LogP contribution in [0.2, 0.25) is 5.02 Å². The molecule has 1 aromatic rings. The highest BCUT2D eigenvalue weighted by atomic mass is 127. The molecule has 0 saturated carbocycles. The van der Waals surface area contributed by atoms with Crippen LogP contribution in [0.1, 0.15) is 12.8 Å². The average molecular weight is 391 g/mol. The minimum atomic E-state index is -0.271. The SMILES string of the molecule is O=C1C2CCCN2C(=O)CN1c1ccc(Cl)cc1I. The van der Waals surface area contributed by atoms with Crippen molar-refractivity contribution in [3.05, 3.63) is 26.8 Å². The summed E-state index contributed by atoms with van der Waals surface area (Å²) in [5, 5.41) is 0.631. The monoisotopic (exact) mass is 390 g/mol. The molecule has 0 bridgehead atoms. The first-order chi connectivity index (χ1) is 9.08. The fourth-order valence-electron chi connectivity index (χ4n) is 2.71. The number of halogens is 2. The summed E-state index contributed by atoms with van der Waals surface area (Å²) in [6.45, 7) is 0.841. The number of piperazine rings is 1. The lowest BCUT2D eigenvalue weighted by Crippen LogP contribution is -2.57. The van der Waals surface area contributed by atoms with Crippen LogP contribution in [0.4, 0.5) is 5.69 Å². The van der Waals surface area contributed by atoms with Crippen LogP contribution < -0.4 is 4.90 Å². The first kappa shape index (κ1) is 13.2. The Labute approximate surface area is 129 Å². The standard InChI is InChI=1S/C13H12ClIN2O2/c14-8-3-4-10(9(15)6-8)17-7-12(18)16-5-1-2-11(16)13(17)19/h3-4,6,11H,1-2,5,7H2. The Morgan fingerprint density at radius 1 is 1.32 bits per heavy atom. The number of anilines is 1. The molecule has 2 amide bonds. The van der Waals surface area contributed by atoms with E-state index < -0.39 is 0 Å². The normalized spacial score (nSPS) is 22.9. The number of carbonyl (C=O) groups excluding carboxylic acids is 2. The Bertz CT molecular complexity index is 564. The lowest BCUT2D eigenvalue weighted by atomic mass is 10.1. The van der Waals surface area contributed by atoms with E-state index in [2.05, 4.69) is 22.6 Å². The van der Waals surface area contributed by atoms with Gasteiger partial charge < -0.3 is 9.80 Å². The molecule has 100 valence electrons. The third-order valence-corrected chi connectivity index (χ3v) is 4.72. The summed E-state index contributed by atoms with van der Waals surface area (Å²) in [5.74, 6) is 0.0604. The first-order valence-corrected chi connectivity index (χ1v) is 7.59. The molecular weight excluding hydrogens is 379 g/mol. The molecule has 1 aromatic carbocycles. The maximum Gasteiger partial charge on any atom is 0.250 e. The van der Waals surface area contributed by atoms with Crippen LogP contribution in [-0.2, 0) is 9.59 Å². The molecule has 2 saturated heterocycles. The van der Waals surface area contributed by atoms with Crippen LogP contribution in [0.25, 0.3) is 0 Å². The van der Waals surface area contributed by atoms with Gasteiger partial charge in [0.2, 0.25) is 11.8 Å². The summed E-state index contributed by atoms with van der Waals surface area (Å²) in [7, 11) is 0. The van der Waals surface area contributed by atoms with Crippen molar-refractivity contribution >= 4 is 51.7 Å². The highest BCUT2D eigenvalue weighted by molar-refractivity contribution is 14.1. The highest BCUT2D eigenvalue weighted by Gasteiger charge is 2.42. The number of hydrogen-bond acceptors (Lipinski definition) is 2. The minimum Gasteiger partial charge on any atom is -0.329 e. The molecule has 2 heterocycles. The van der Waals surface area contributed by atoms with Crippen LogP contribution in [-0.4, -0.2) is 35.8 Å². The zero-order valence-electron chi connectivity index (χ0n) is 10.1. The quantitative estimate of drug-likeness (QED) is 0.690. The predicted octanol–water partition coefficient (Wildman–Crippen LogP) is 2.28. The maximum atomic E-state index is 12.5. The summed E-state index contributed by atoms with van der Waals surface area (Å²) < 4.78 is 0.887. The van der Waals surface area contributed by atoms with E-state index >= 15 is 0 Å². The van der Waals surface area contributed by atoms with Gasteiger partial charge in [-0.3, -0.25) is 9.59 Å². The van der Waals surface area contributed by atoms with Crippen molar-refractivity contribution in [3.8, 4) is 0 Å². The van der Waals surface area contributed by atoms with Gasteiger partial charge in [0.25, 0.3) is 0 Å². The van der Waals surface area contributed by atoms with E-state index in [1.165, 1.54) is 0 Å². The second-order valence-corrected chi connectivity index (χ2v) is 6.36. The molecule has 2 fully saturated rings. The van der Waals surface area contributed by atoms with Gasteiger partial charge in [0, 0.05) is 15.1 Å². The van der Waals surface area contributed by atoms with Gasteiger partial charge >= 0.3 is 0 Å². The van der Waals surface area contributed by atoms with Crippen LogP contribution in [0.5, 0.6) is 0 Å². The third kappa shape index (κ3) is 2.23. The van der Waals surface area contributed by atoms with Gasteiger partial charge in [-0.25, -0.2) is 0 Å². The zero-order chi connectivity index (χ0) is 13.6. The number of benzene rings is 1. The van der Waals surface area contributed by atoms with E-state index in [9.17, 15) is 9.59 Å². The summed E-state index contributed by atoms with van der Waals surface area (Å²) in [6, 6.07) is 5.08. The maximum absolute atomic E-state index is 12.5. The number of rotatable bonds is 1. The average Bonchev–Trinajstić information content (AvgIpc) is 2.84. The Kier molecular flexibility index (Phi) is 3.42. The van der Waals surface area contributed by atoms with Crippen molar-refractivity contribution in [1.82, 2.24) is 4.90 Å². The predicted molar refractivity (Wildman–Crippen MR) is 81.3 cm³/mol. The van der Waals surface area contributed by atoms with Crippen molar-refractivity contribution in [1.29, 1.82) is 0 Å². The van der Waals surface area contributed by atoms with Gasteiger partial charge in [-0.2, -0.15) is 0 Å². The smallest absolute Gasteiger partial charge is 0.250 e. The molecule has 4 nitrogen and oxygen atoms in total. The van der Waals surface area contributed by atoms with Gasteiger partial charge in [-0.05, 0) is 53.6 Å². The fourth-order valence-corrected chi connectivity index (χ4v) is 3.87. The molecule has 0 aliphatic carbocycles. The number of nitrogens with zero attached hydrogens (tertiary/aromatic N) is 2. The Hall–Kier alpha value is -0.820. The number of fused-ring (bicyclic) bond motifs is 1. The van der Waals surface area contributed by atoms with Crippen molar-refractivity contribution in [2.45, 2.75) is 18.9 Å². The second-order valence-electron chi connectivity index (χ2n) is 4.77. The summed E-state index contributed by atoms with van der Waals surface area (Å²) in [6.07, 6.45) is 1.68. The molecule has 1 atom stereocenters. The molecule has 0 spiro atoms. The van der Waals surface area contributed by atoms with Crippen LogP contribution in [0, 0.1) is 3.57 Å². The van der Waals surface area contributed by atoms with E-state index in [1.54, 1.807) is 28.0 Å². The first-order valence-electron chi connectivity index (χ1n) is 6.14. The van der Waals surface area contributed by atoms with Crippen molar-refractivity contribution in [2.24, 2.45) is 0 Å². The van der Waals surface area contributed by atoms with E-state index in [1.807, 2.05) is 0 Å². The largest absolute Gasteiger partial charge is 0.329 e. The van der Waals surface area contributed by atoms with E-state index in [4.69, 9.17) is 11.6 Å². The molecule has 2 aliphatic rings. The summed E-state index contributed by atoms with van der Waals surface area (Å²) in [5.41, 5.74) is 0.773. The zero-order valence-corrected chi connectivity index (χ0v) is 13.0. The Balaban J connectivity index is 1.96. The molecule has 1 unspecified atom stereocenters. The van der Waals surface area contributed by atoms with Crippen molar-refractivity contribution in [2.75, 3.05) is 18.0 Å². The van der Waals surface area contributed by atoms with Crippen molar-refractivity contribution < 1.29 is 9.59 Å². The van der Waals surface area contributed by atoms with E-state index in [0.29, 0.717) is 11.6 Å². The van der Waals surface area contributed by atoms with Crippen LogP contribution in [0.3, 0.4) is 0 Å². The van der Waals surface area contributed by atoms with Crippen molar-refractivity contribution in [3.63, 3.8) is 0 Å². The molecule has 0 N–H and O–H groups in total. The lowest BCUT2D eigenvalue weighted by Gasteiger charge is -2.36. The molecule has 19 heavy (non-hydrogen) atoms. The molecule has 6 heteroatoms. The molecule has 0 radical (unpaired) electrons. The number of hydrogen-bond donors (Lipinski definition) is 0. The van der Waals surface area contributed by atoms with Gasteiger partial charge in [-0.15, -0.1) is 0 Å². The van der Waals surface area contributed by atoms with Gasteiger partial charge in [0.05, 0.1) is 5.69 Å². The topological polar surface area (TPSA) is 40.6 Å². The number of amides is 2.